The molecule has 9 nitrogen and oxygen atoms in total. The Morgan fingerprint density at radius 2 is 1.68 bits per heavy atom. The van der Waals surface area contributed by atoms with E-state index in [1.54, 1.807) is 0 Å². The second-order valence-electron chi connectivity index (χ2n) is 12.4. The highest BCUT2D eigenvalue weighted by Crippen LogP contribution is 2.38. The van der Waals surface area contributed by atoms with E-state index < -0.39 is 49.5 Å². The Morgan fingerprint density at radius 1 is 1.05 bits per heavy atom. The molecule has 1 aromatic carbocycles. The molecular formula is C28H39F3N4O5S. The van der Waals surface area contributed by atoms with Crippen LogP contribution in [0.15, 0.2) is 29.2 Å². The van der Waals surface area contributed by atoms with Gasteiger partial charge in [-0.1, -0.05) is 25.3 Å². The highest BCUT2D eigenvalue weighted by Gasteiger charge is 2.39. The molecule has 13 heteroatoms. The second-order valence-corrected chi connectivity index (χ2v) is 14.0. The topological polar surface area (TPSA) is 130 Å². The molecule has 1 aliphatic rings. The summed E-state index contributed by atoms with van der Waals surface area (Å²) in [5, 5.41) is 16.4. The Hall–Kier alpha value is -2.93. The van der Waals surface area contributed by atoms with E-state index in [1.165, 1.54) is 51.4 Å². The zero-order valence-electron chi connectivity index (χ0n) is 24.1. The van der Waals surface area contributed by atoms with Gasteiger partial charge in [-0.3, -0.25) is 14.3 Å². The first kappa shape index (κ1) is 32.6. The summed E-state index contributed by atoms with van der Waals surface area (Å²) in [6.07, 6.45) is 0.207. The van der Waals surface area contributed by atoms with Crippen LogP contribution >= 0.6 is 0 Å². The molecule has 0 radical (unpaired) electrons. The van der Waals surface area contributed by atoms with Crippen LogP contribution in [0.5, 0.6) is 0 Å². The number of nitrogens with zero attached hydrogens (tertiary/aromatic N) is 2. The van der Waals surface area contributed by atoms with Gasteiger partial charge in [-0.05, 0) is 78.0 Å². The number of carboxylic acids is 1. The molecule has 0 spiro atoms. The van der Waals surface area contributed by atoms with Crippen molar-refractivity contribution in [1.29, 1.82) is 0 Å². The zero-order chi connectivity index (χ0) is 30.8. The normalized spacial score (nSPS) is 15.6. The third-order valence-electron chi connectivity index (χ3n) is 7.09. The van der Waals surface area contributed by atoms with E-state index in [0.29, 0.717) is 6.54 Å². The summed E-state index contributed by atoms with van der Waals surface area (Å²) in [5.41, 5.74) is -3.08. The number of aromatic nitrogens is 2. The fourth-order valence-corrected chi connectivity index (χ4v) is 6.43. The number of benzene rings is 1. The van der Waals surface area contributed by atoms with Crippen LogP contribution in [0.2, 0.25) is 0 Å². The minimum absolute atomic E-state index is 0.0244. The van der Waals surface area contributed by atoms with E-state index in [0.717, 1.165) is 44.2 Å². The van der Waals surface area contributed by atoms with E-state index in [-0.39, 0.29) is 35.8 Å². The average Bonchev–Trinajstić information content (AvgIpc) is 3.26. The maximum absolute atomic E-state index is 14.2. The van der Waals surface area contributed by atoms with Crippen LogP contribution in [0, 0.1) is 11.3 Å². The molecule has 3 rings (SSSR count). The second kappa shape index (κ2) is 12.1. The summed E-state index contributed by atoms with van der Waals surface area (Å²) < 4.78 is 72.1. The Morgan fingerprint density at radius 3 is 2.24 bits per heavy atom. The van der Waals surface area contributed by atoms with Crippen molar-refractivity contribution in [3.8, 4) is 11.3 Å². The van der Waals surface area contributed by atoms with Crippen molar-refractivity contribution in [2.45, 2.75) is 96.3 Å². The van der Waals surface area contributed by atoms with Gasteiger partial charge in [0.2, 0.25) is 10.0 Å². The number of hydrogen-bond acceptors (Lipinski definition) is 5. The highest BCUT2D eigenvalue weighted by molar-refractivity contribution is 7.89. The van der Waals surface area contributed by atoms with E-state index in [4.69, 9.17) is 0 Å². The van der Waals surface area contributed by atoms with E-state index in [1.807, 2.05) is 0 Å². The Bertz CT molecular complexity index is 1370. The quantitative estimate of drug-likeness (QED) is 0.332. The third-order valence-corrected chi connectivity index (χ3v) is 8.91. The molecule has 2 aromatic rings. The van der Waals surface area contributed by atoms with Crippen LogP contribution in [0.25, 0.3) is 11.3 Å². The first-order valence-electron chi connectivity index (χ1n) is 13.7. The summed E-state index contributed by atoms with van der Waals surface area (Å²) in [5.74, 6) is -1.36. The third kappa shape index (κ3) is 8.54. The molecule has 1 saturated carbocycles. The number of sulfonamides is 1. The number of amides is 1. The molecule has 3 N–H and O–H groups in total. The molecule has 0 bridgehead atoms. The molecule has 228 valence electrons. The van der Waals surface area contributed by atoms with Crippen LogP contribution in [0.1, 0.15) is 89.2 Å². The molecule has 0 unspecified atom stereocenters. The summed E-state index contributed by atoms with van der Waals surface area (Å²) in [6.45, 7) is 8.13. The summed E-state index contributed by atoms with van der Waals surface area (Å²) in [6, 6.07) is 4.38. The lowest BCUT2D eigenvalue weighted by atomic mass is 9.89. The lowest BCUT2D eigenvalue weighted by Gasteiger charge is -2.23. The summed E-state index contributed by atoms with van der Waals surface area (Å²) in [7, 11) is -4.50. The van der Waals surface area contributed by atoms with Gasteiger partial charge >= 0.3 is 12.1 Å². The predicted molar refractivity (Wildman–Crippen MR) is 148 cm³/mol. The van der Waals surface area contributed by atoms with Crippen LogP contribution < -0.4 is 10.0 Å². The van der Waals surface area contributed by atoms with Gasteiger partial charge in [-0.25, -0.2) is 13.1 Å². The molecule has 0 saturated heterocycles. The Balaban J connectivity index is 2.02. The first-order chi connectivity index (χ1) is 18.8. The van der Waals surface area contributed by atoms with E-state index >= 15 is 0 Å². The number of halogens is 3. The standard InChI is InChI=1S/C28H39F3N4O5S/c1-26(2,3)34-41(39,40)23-12-11-19(15-20(23)28(29,30)31)22-16-21(24(36)32-14-13-27(4,5)25(37)38)33-35(22)17-18-9-7-6-8-10-18/h11-12,15-16,18,34H,6-10,13-14,17H2,1-5H3,(H,32,36)(H,37,38). The van der Waals surface area contributed by atoms with Crippen LogP contribution in [-0.2, 0) is 27.5 Å². The Labute approximate surface area is 238 Å². The first-order valence-corrected chi connectivity index (χ1v) is 15.1. The fourth-order valence-electron chi connectivity index (χ4n) is 4.80. The molecule has 1 aromatic heterocycles. The maximum Gasteiger partial charge on any atom is 0.417 e. The van der Waals surface area contributed by atoms with Crippen molar-refractivity contribution >= 4 is 21.9 Å². The lowest BCUT2D eigenvalue weighted by Crippen LogP contribution is -2.41. The number of carbonyl (C=O) groups excluding carboxylic acids is 1. The summed E-state index contributed by atoms with van der Waals surface area (Å²) >= 11 is 0. The predicted octanol–water partition coefficient (Wildman–Crippen LogP) is 5.46. The highest BCUT2D eigenvalue weighted by atomic mass is 32.2. The largest absolute Gasteiger partial charge is 0.481 e. The molecule has 1 heterocycles. The molecular weight excluding hydrogens is 561 g/mol. The van der Waals surface area contributed by atoms with E-state index in [9.17, 15) is 36.3 Å². The number of carbonyl (C=O) groups is 2. The van der Waals surface area contributed by atoms with Gasteiger partial charge in [0.05, 0.1) is 21.6 Å². The van der Waals surface area contributed by atoms with Gasteiger partial charge in [0.1, 0.15) is 0 Å². The average molecular weight is 601 g/mol. The smallest absolute Gasteiger partial charge is 0.417 e. The number of rotatable bonds is 10. The van der Waals surface area contributed by atoms with Crippen molar-refractivity contribution in [3.05, 3.63) is 35.5 Å². The molecule has 1 fully saturated rings. The van der Waals surface area contributed by atoms with Crippen molar-refractivity contribution in [2.75, 3.05) is 6.54 Å². The minimum atomic E-state index is -4.97. The fraction of sp³-hybridized carbons (Fsp3) is 0.607. The van der Waals surface area contributed by atoms with Crippen molar-refractivity contribution in [1.82, 2.24) is 19.8 Å². The molecule has 0 atom stereocenters. The van der Waals surface area contributed by atoms with Crippen LogP contribution in [0.4, 0.5) is 13.2 Å². The number of nitrogens with one attached hydrogen (secondary N) is 2. The minimum Gasteiger partial charge on any atom is -0.481 e. The van der Waals surface area contributed by atoms with Gasteiger partial charge in [-0.15, -0.1) is 0 Å². The number of alkyl halides is 3. The van der Waals surface area contributed by atoms with Gasteiger partial charge < -0.3 is 10.4 Å². The van der Waals surface area contributed by atoms with Crippen LogP contribution in [0.3, 0.4) is 0 Å². The molecule has 0 aliphatic heterocycles. The zero-order valence-corrected chi connectivity index (χ0v) is 24.9. The lowest BCUT2D eigenvalue weighted by molar-refractivity contribution is -0.147. The van der Waals surface area contributed by atoms with Gasteiger partial charge in [0, 0.05) is 24.2 Å². The molecule has 1 amide bonds. The maximum atomic E-state index is 14.2. The van der Waals surface area contributed by atoms with Crippen LogP contribution in [-0.4, -0.2) is 47.3 Å². The van der Waals surface area contributed by atoms with Crippen molar-refractivity contribution in [2.24, 2.45) is 11.3 Å². The number of hydrogen-bond donors (Lipinski definition) is 3. The van der Waals surface area contributed by atoms with Crippen molar-refractivity contribution < 1.29 is 36.3 Å². The molecule has 41 heavy (non-hydrogen) atoms. The molecule has 1 aliphatic carbocycles. The monoisotopic (exact) mass is 600 g/mol. The van der Waals surface area contributed by atoms with Gasteiger partial charge in [0.15, 0.2) is 5.69 Å². The van der Waals surface area contributed by atoms with Gasteiger partial charge in [0.25, 0.3) is 5.91 Å². The van der Waals surface area contributed by atoms with Crippen molar-refractivity contribution in [3.63, 3.8) is 0 Å². The number of carboxylic acid groups (broad SMARTS) is 1. The van der Waals surface area contributed by atoms with Gasteiger partial charge in [-0.2, -0.15) is 18.3 Å². The number of aliphatic carboxylic acids is 1. The Kier molecular flexibility index (Phi) is 9.64. The summed E-state index contributed by atoms with van der Waals surface area (Å²) in [4.78, 5) is 23.4. The van der Waals surface area contributed by atoms with E-state index in [2.05, 4.69) is 15.1 Å². The SMILES string of the molecule is CC(C)(C)NS(=O)(=O)c1ccc(-c2cc(C(=O)NCCC(C)(C)C(=O)O)nn2CC2CCCCC2)cc1C(F)(F)F.